The summed E-state index contributed by atoms with van der Waals surface area (Å²) in [5.41, 5.74) is 8.32. The van der Waals surface area contributed by atoms with Crippen LogP contribution in [0.2, 0.25) is 0 Å². The molecule has 0 amide bonds. The molecule has 0 saturated carbocycles. The van der Waals surface area contributed by atoms with Crippen LogP contribution in [-0.2, 0) is 16.0 Å². The normalized spacial score (nSPS) is 16.1. The molecule has 5 N–H and O–H groups in total. The molecular weight excluding hydrogens is 444 g/mol. The van der Waals surface area contributed by atoms with Crippen molar-refractivity contribution in [3.63, 3.8) is 0 Å². The first-order chi connectivity index (χ1) is 16.9. The summed E-state index contributed by atoms with van der Waals surface area (Å²) in [4.78, 5) is 24.8. The van der Waals surface area contributed by atoms with Crippen LogP contribution in [0.3, 0.4) is 0 Å². The number of hydrogen-bond donors (Lipinski definition) is 4. The van der Waals surface area contributed by atoms with Crippen molar-refractivity contribution in [2.45, 2.75) is 70.9 Å². The van der Waals surface area contributed by atoms with Gasteiger partial charge in [-0.3, -0.25) is 9.59 Å². The van der Waals surface area contributed by atoms with E-state index in [1.54, 1.807) is 18.2 Å². The lowest BCUT2D eigenvalue weighted by atomic mass is 9.91. The lowest BCUT2D eigenvalue weighted by molar-refractivity contribution is -0.124. The maximum absolute atomic E-state index is 12.5. The second-order valence-electron chi connectivity index (χ2n) is 9.10. The zero-order valence-corrected chi connectivity index (χ0v) is 21.0. The van der Waals surface area contributed by atoms with Crippen LogP contribution in [0.4, 0.5) is 0 Å². The first kappa shape index (κ1) is 28.3. The van der Waals surface area contributed by atoms with Gasteiger partial charge in [-0.1, -0.05) is 38.3 Å². The Kier molecular flexibility index (Phi) is 12.3. The Morgan fingerprint density at radius 1 is 1.23 bits per heavy atom. The Morgan fingerprint density at radius 2 is 2.00 bits per heavy atom. The predicted octanol–water partition coefficient (Wildman–Crippen LogP) is 4.17. The number of allylic oxidation sites excluding steroid dienone is 3. The molecular formula is C28H40N2O5. The summed E-state index contributed by atoms with van der Waals surface area (Å²) in [5, 5.41) is 22.3. The summed E-state index contributed by atoms with van der Waals surface area (Å²) in [7, 11) is 1.47. The van der Waals surface area contributed by atoms with Crippen molar-refractivity contribution in [2.75, 3.05) is 13.7 Å². The maximum atomic E-state index is 12.5. The van der Waals surface area contributed by atoms with E-state index in [9.17, 15) is 14.7 Å². The molecule has 2 rings (SSSR count). The Labute approximate surface area is 208 Å². The number of methoxy groups -OCH3 is 1. The largest absolute Gasteiger partial charge is 0.504 e. The van der Waals surface area contributed by atoms with Crippen molar-refractivity contribution in [3.8, 4) is 11.5 Å². The number of Topliss-reactive ketones (excluding diaryl/α,β-unsaturated/α-hetero) is 1. The highest BCUT2D eigenvalue weighted by atomic mass is 16.5. The monoisotopic (exact) mass is 484 g/mol. The van der Waals surface area contributed by atoms with Gasteiger partial charge in [-0.05, 0) is 72.6 Å². The number of ketones is 2. The average Bonchev–Trinajstić information content (AvgIpc) is 2.83. The summed E-state index contributed by atoms with van der Waals surface area (Å²) < 4.78 is 5.23. The number of benzene rings is 1. The van der Waals surface area contributed by atoms with E-state index in [1.165, 1.54) is 13.2 Å². The Morgan fingerprint density at radius 3 is 2.66 bits per heavy atom. The van der Waals surface area contributed by atoms with Crippen molar-refractivity contribution in [2.24, 2.45) is 11.7 Å². The van der Waals surface area contributed by atoms with Crippen molar-refractivity contribution < 1.29 is 24.5 Å². The number of hydrogen-bond acceptors (Lipinski definition) is 7. The highest BCUT2D eigenvalue weighted by Gasteiger charge is 2.13. The Hall–Kier alpha value is -2.90. The first-order valence-corrected chi connectivity index (χ1v) is 12.5. The topological polar surface area (TPSA) is 122 Å². The van der Waals surface area contributed by atoms with E-state index in [0.29, 0.717) is 24.5 Å². The minimum absolute atomic E-state index is 0.0200. The van der Waals surface area contributed by atoms with Crippen LogP contribution in [0.25, 0.3) is 6.08 Å². The molecule has 0 saturated heterocycles. The second-order valence-corrected chi connectivity index (χ2v) is 9.10. The van der Waals surface area contributed by atoms with Crippen LogP contribution in [0, 0.1) is 5.92 Å². The molecule has 7 nitrogen and oxygen atoms in total. The molecule has 0 aromatic heterocycles. The molecule has 2 atom stereocenters. The lowest BCUT2D eigenvalue weighted by Crippen LogP contribution is -2.33. The number of nitrogens with two attached hydrogens (primary N) is 1. The highest BCUT2D eigenvalue weighted by Crippen LogP contribution is 2.32. The minimum atomic E-state index is -0.247. The van der Waals surface area contributed by atoms with Gasteiger partial charge in [0, 0.05) is 19.2 Å². The number of aliphatic hydroxyl groups is 1. The number of phenols is 1. The molecule has 1 aliphatic heterocycles. The molecule has 7 heteroatoms. The molecule has 0 spiro atoms. The summed E-state index contributed by atoms with van der Waals surface area (Å²) >= 11 is 0. The maximum Gasteiger partial charge on any atom is 0.163 e. The van der Waals surface area contributed by atoms with Crippen LogP contribution in [0.15, 0.2) is 42.1 Å². The van der Waals surface area contributed by atoms with E-state index in [2.05, 4.69) is 12.2 Å². The van der Waals surface area contributed by atoms with Gasteiger partial charge in [-0.2, -0.15) is 0 Å². The number of carbonyl (C=O) groups is 2. The smallest absolute Gasteiger partial charge is 0.163 e. The number of carbonyl (C=O) groups excluding carboxylic acids is 2. The molecule has 1 aliphatic rings. The fourth-order valence-electron chi connectivity index (χ4n) is 4.30. The van der Waals surface area contributed by atoms with Gasteiger partial charge in [0.15, 0.2) is 17.3 Å². The fourth-order valence-corrected chi connectivity index (χ4v) is 4.30. The fraction of sp³-hybridized carbons (Fsp3) is 0.500. The van der Waals surface area contributed by atoms with E-state index in [4.69, 9.17) is 15.6 Å². The summed E-state index contributed by atoms with van der Waals surface area (Å²) in [6.45, 7) is 2.35. The zero-order chi connectivity index (χ0) is 25.6. The molecule has 192 valence electrons. The zero-order valence-electron chi connectivity index (χ0n) is 21.0. The summed E-state index contributed by atoms with van der Waals surface area (Å²) in [6, 6.07) is 3.31. The molecule has 1 unspecified atom stereocenters. The van der Waals surface area contributed by atoms with E-state index >= 15 is 0 Å². The molecule has 0 fully saturated rings. The minimum Gasteiger partial charge on any atom is -0.504 e. The van der Waals surface area contributed by atoms with Crippen LogP contribution in [0.1, 0.15) is 69.4 Å². The van der Waals surface area contributed by atoms with Gasteiger partial charge in [-0.15, -0.1) is 0 Å². The summed E-state index contributed by atoms with van der Waals surface area (Å²) in [5.74, 6) is 0.557. The summed E-state index contributed by atoms with van der Waals surface area (Å²) in [6.07, 6.45) is 15.0. The standard InChI is InChI=1S/C28H40N2O5/c1-3-6-20(8-5-14-31)7-4-9-24(32)18-25(33)12-11-22-17-27(35-2)26(34)16-23(22)15-21-10-13-28(29)30-19-21/h10-13,16-17,19-20,28,30-31,34H,3-9,14-15,18,29H2,1-2H3/b12-11+/t20-,28?/m0/s1. The molecule has 0 bridgehead atoms. The molecule has 0 aliphatic carbocycles. The quantitative estimate of drug-likeness (QED) is 0.205. The predicted molar refractivity (Wildman–Crippen MR) is 139 cm³/mol. The number of dihydropyridines is 1. The number of nitrogens with one attached hydrogen (secondary N) is 1. The van der Waals surface area contributed by atoms with Crippen LogP contribution >= 0.6 is 0 Å². The van der Waals surface area contributed by atoms with Gasteiger partial charge in [-0.25, -0.2) is 0 Å². The van der Waals surface area contributed by atoms with Crippen LogP contribution in [-0.4, -0.2) is 41.7 Å². The molecule has 35 heavy (non-hydrogen) atoms. The SMILES string of the molecule is CCC[C@H](CCCO)CCCC(=O)CC(=O)/C=C/c1cc(OC)c(O)cc1CC1=CNC(N)C=C1. The van der Waals surface area contributed by atoms with Crippen molar-refractivity contribution >= 4 is 17.6 Å². The molecule has 1 heterocycles. The van der Waals surface area contributed by atoms with Gasteiger partial charge < -0.3 is 26.0 Å². The molecule has 1 aromatic rings. The Balaban J connectivity index is 1.97. The highest BCUT2D eigenvalue weighted by molar-refractivity contribution is 6.06. The third-order valence-electron chi connectivity index (χ3n) is 6.17. The number of aliphatic hydroxyl groups excluding tert-OH is 1. The van der Waals surface area contributed by atoms with Crippen molar-refractivity contribution in [1.82, 2.24) is 5.32 Å². The lowest BCUT2D eigenvalue weighted by Gasteiger charge is -2.16. The van der Waals surface area contributed by atoms with Crippen LogP contribution < -0.4 is 15.8 Å². The van der Waals surface area contributed by atoms with E-state index in [1.807, 2.05) is 18.4 Å². The van der Waals surface area contributed by atoms with Gasteiger partial charge in [0.1, 0.15) is 5.78 Å². The van der Waals surface area contributed by atoms with Gasteiger partial charge in [0.05, 0.1) is 19.7 Å². The van der Waals surface area contributed by atoms with E-state index in [0.717, 1.165) is 55.2 Å². The van der Waals surface area contributed by atoms with Gasteiger partial charge in [0.2, 0.25) is 0 Å². The van der Waals surface area contributed by atoms with E-state index in [-0.39, 0.29) is 36.5 Å². The second kappa shape index (κ2) is 15.2. The number of aromatic hydroxyl groups is 1. The third kappa shape index (κ3) is 10.1. The number of ether oxygens (including phenoxy) is 1. The van der Waals surface area contributed by atoms with Gasteiger partial charge >= 0.3 is 0 Å². The van der Waals surface area contributed by atoms with Crippen molar-refractivity contribution in [1.29, 1.82) is 0 Å². The molecule has 0 radical (unpaired) electrons. The molecule has 1 aromatic carbocycles. The van der Waals surface area contributed by atoms with Crippen LogP contribution in [0.5, 0.6) is 11.5 Å². The number of phenolic OH excluding ortho intramolecular Hbond substituents is 1. The van der Waals surface area contributed by atoms with Crippen molar-refractivity contribution in [3.05, 3.63) is 53.3 Å². The number of rotatable bonds is 16. The Bertz CT molecular complexity index is 936. The van der Waals surface area contributed by atoms with E-state index < -0.39 is 0 Å². The third-order valence-corrected chi connectivity index (χ3v) is 6.17. The van der Waals surface area contributed by atoms with Gasteiger partial charge in [0.25, 0.3) is 0 Å². The average molecular weight is 485 g/mol. The first-order valence-electron chi connectivity index (χ1n) is 12.5.